The number of rotatable bonds is 9. The van der Waals surface area contributed by atoms with Crippen LogP contribution in [0.3, 0.4) is 0 Å². The minimum atomic E-state index is -0.523. The number of hydrogen-bond acceptors (Lipinski definition) is 7. The molecule has 0 bridgehead atoms. The van der Waals surface area contributed by atoms with Crippen molar-refractivity contribution in [3.63, 3.8) is 0 Å². The molecule has 200 valence electrons. The number of aryl methyl sites for hydroxylation is 2. The molecular formula is C27H39N7O3. The third kappa shape index (κ3) is 7.11. The average molecular weight is 510 g/mol. The molecule has 0 aliphatic carbocycles. The average Bonchev–Trinajstić information content (AvgIpc) is 3.38. The zero-order valence-corrected chi connectivity index (χ0v) is 22.6. The van der Waals surface area contributed by atoms with Crippen LogP contribution in [0.1, 0.15) is 39.0 Å². The molecule has 0 unspecified atom stereocenters. The number of amides is 1. The number of anilines is 2. The van der Waals surface area contributed by atoms with Gasteiger partial charge < -0.3 is 24.7 Å². The lowest BCUT2D eigenvalue weighted by molar-refractivity contribution is 0.0343. The maximum absolute atomic E-state index is 12.0. The van der Waals surface area contributed by atoms with E-state index in [0.29, 0.717) is 13.1 Å². The maximum atomic E-state index is 12.0. The normalized spacial score (nSPS) is 14.9. The van der Waals surface area contributed by atoms with E-state index in [0.717, 1.165) is 67.9 Å². The van der Waals surface area contributed by atoms with Crippen molar-refractivity contribution in [2.24, 2.45) is 0 Å². The Balaban J connectivity index is 1.59. The summed E-state index contributed by atoms with van der Waals surface area (Å²) in [4.78, 5) is 19.3. The minimum absolute atomic E-state index is 0.382. The Labute approximate surface area is 218 Å². The van der Waals surface area contributed by atoms with E-state index in [1.54, 1.807) is 0 Å². The van der Waals surface area contributed by atoms with Crippen LogP contribution in [0.2, 0.25) is 0 Å². The van der Waals surface area contributed by atoms with Crippen LogP contribution >= 0.6 is 0 Å². The third-order valence-corrected chi connectivity index (χ3v) is 6.01. The van der Waals surface area contributed by atoms with Crippen molar-refractivity contribution in [1.82, 2.24) is 29.5 Å². The van der Waals surface area contributed by atoms with E-state index in [1.807, 2.05) is 50.6 Å². The quantitative estimate of drug-likeness (QED) is 0.417. The van der Waals surface area contributed by atoms with Gasteiger partial charge >= 0.3 is 6.09 Å². The Kier molecular flexibility index (Phi) is 8.50. The van der Waals surface area contributed by atoms with Crippen molar-refractivity contribution in [2.75, 3.05) is 38.2 Å². The Bertz CT molecular complexity index is 1230. The number of nitrogens with one attached hydrogen (secondary N) is 2. The number of hydrogen-bond donors (Lipinski definition) is 2. The summed E-state index contributed by atoms with van der Waals surface area (Å²) in [5.41, 5.74) is 3.69. The standard InChI is InChI=1S/C27H39N7O3/c1-6-34-23(18-20(2)31-34)30-25-29-22-11-9-10-21(19-32-14-16-36-17-15-32)24(22)33(25)13-8-7-12-28-26(35)37-27(3,4)5/h7-11,18H,6,12-17,19H2,1-5H3,(H,28,35)(H,29,30)/b8-7+. The Morgan fingerprint density at radius 2 is 2.00 bits per heavy atom. The number of fused-ring (bicyclic) bond motifs is 1. The predicted molar refractivity (Wildman–Crippen MR) is 145 cm³/mol. The SMILES string of the molecule is CCn1nc(C)cc1Nc1nc2cccc(CN3CCOCC3)c2n1C/C=C/CNC(=O)OC(C)(C)C. The fraction of sp³-hybridized carbons (Fsp3) is 0.519. The van der Waals surface area contributed by atoms with Gasteiger partial charge in [0.1, 0.15) is 11.4 Å². The number of morpholine rings is 1. The number of ether oxygens (including phenoxy) is 2. The molecule has 3 aromatic rings. The number of allylic oxidation sites excluding steroid dienone is 1. The van der Waals surface area contributed by atoms with E-state index in [2.05, 4.69) is 50.3 Å². The summed E-state index contributed by atoms with van der Waals surface area (Å²) in [6.07, 6.45) is 3.55. The minimum Gasteiger partial charge on any atom is -0.444 e. The van der Waals surface area contributed by atoms with Gasteiger partial charge in [0, 0.05) is 45.3 Å². The van der Waals surface area contributed by atoms with E-state index >= 15 is 0 Å². The monoisotopic (exact) mass is 509 g/mol. The molecule has 0 atom stereocenters. The third-order valence-electron chi connectivity index (χ3n) is 6.01. The van der Waals surface area contributed by atoms with Crippen molar-refractivity contribution in [3.8, 4) is 0 Å². The molecule has 2 aromatic heterocycles. The lowest BCUT2D eigenvalue weighted by Gasteiger charge is -2.27. The van der Waals surface area contributed by atoms with Crippen molar-refractivity contribution >= 4 is 28.9 Å². The topological polar surface area (TPSA) is 98.5 Å². The van der Waals surface area contributed by atoms with Crippen LogP contribution in [0.4, 0.5) is 16.6 Å². The van der Waals surface area contributed by atoms with Gasteiger partial charge in [-0.3, -0.25) is 4.90 Å². The van der Waals surface area contributed by atoms with Crippen LogP contribution in [0.5, 0.6) is 0 Å². The van der Waals surface area contributed by atoms with E-state index < -0.39 is 11.7 Å². The molecule has 4 rings (SSSR count). The van der Waals surface area contributed by atoms with Gasteiger partial charge in [0.25, 0.3) is 0 Å². The fourth-order valence-electron chi connectivity index (χ4n) is 4.38. The summed E-state index contributed by atoms with van der Waals surface area (Å²) in [7, 11) is 0. The van der Waals surface area contributed by atoms with E-state index in [9.17, 15) is 4.79 Å². The molecule has 10 heteroatoms. The van der Waals surface area contributed by atoms with Gasteiger partial charge in [-0.1, -0.05) is 24.3 Å². The van der Waals surface area contributed by atoms with Gasteiger partial charge in [-0.25, -0.2) is 14.5 Å². The number of aromatic nitrogens is 4. The fourth-order valence-corrected chi connectivity index (χ4v) is 4.38. The van der Waals surface area contributed by atoms with Crippen LogP contribution in [0, 0.1) is 6.92 Å². The lowest BCUT2D eigenvalue weighted by Crippen LogP contribution is -2.35. The molecule has 0 radical (unpaired) electrons. The summed E-state index contributed by atoms with van der Waals surface area (Å²) in [6, 6.07) is 8.33. The Hall–Kier alpha value is -3.37. The molecule has 1 aromatic carbocycles. The molecule has 0 spiro atoms. The van der Waals surface area contributed by atoms with Crippen molar-refractivity contribution in [2.45, 2.75) is 59.9 Å². The largest absolute Gasteiger partial charge is 0.444 e. The highest BCUT2D eigenvalue weighted by Gasteiger charge is 2.19. The molecule has 37 heavy (non-hydrogen) atoms. The van der Waals surface area contributed by atoms with Gasteiger partial charge in [-0.15, -0.1) is 0 Å². The van der Waals surface area contributed by atoms with Crippen molar-refractivity contribution in [1.29, 1.82) is 0 Å². The first-order chi connectivity index (χ1) is 17.7. The van der Waals surface area contributed by atoms with Crippen molar-refractivity contribution < 1.29 is 14.3 Å². The number of carbonyl (C=O) groups is 1. The number of benzene rings is 1. The summed E-state index contributed by atoms with van der Waals surface area (Å²) < 4.78 is 15.0. The van der Waals surface area contributed by atoms with Crippen LogP contribution in [-0.4, -0.2) is 68.8 Å². The van der Waals surface area contributed by atoms with E-state index in [1.165, 1.54) is 5.56 Å². The number of imidazole rings is 1. The van der Waals surface area contributed by atoms with E-state index in [-0.39, 0.29) is 0 Å². The van der Waals surface area contributed by atoms with Crippen LogP contribution in [0.25, 0.3) is 11.0 Å². The highest BCUT2D eigenvalue weighted by atomic mass is 16.6. The van der Waals surface area contributed by atoms with Gasteiger partial charge in [0.2, 0.25) is 5.95 Å². The summed E-state index contributed by atoms with van der Waals surface area (Å²) in [6.45, 7) is 15.5. The van der Waals surface area contributed by atoms with Crippen molar-refractivity contribution in [3.05, 3.63) is 47.7 Å². The van der Waals surface area contributed by atoms with Gasteiger partial charge in [0.15, 0.2) is 0 Å². The highest BCUT2D eigenvalue weighted by Crippen LogP contribution is 2.27. The molecule has 10 nitrogen and oxygen atoms in total. The zero-order chi connectivity index (χ0) is 26.4. The number of nitrogens with zero attached hydrogens (tertiary/aromatic N) is 5. The van der Waals surface area contributed by atoms with Gasteiger partial charge in [-0.05, 0) is 46.2 Å². The second-order valence-electron chi connectivity index (χ2n) is 10.2. The molecular weight excluding hydrogens is 470 g/mol. The first-order valence-electron chi connectivity index (χ1n) is 12.9. The second-order valence-corrected chi connectivity index (χ2v) is 10.2. The Morgan fingerprint density at radius 3 is 2.73 bits per heavy atom. The van der Waals surface area contributed by atoms with Gasteiger partial charge in [0.05, 0.1) is 29.9 Å². The highest BCUT2D eigenvalue weighted by molar-refractivity contribution is 5.83. The first-order valence-corrected chi connectivity index (χ1v) is 12.9. The van der Waals surface area contributed by atoms with Crippen LogP contribution in [-0.2, 0) is 29.1 Å². The van der Waals surface area contributed by atoms with Crippen LogP contribution < -0.4 is 10.6 Å². The summed E-state index contributed by atoms with van der Waals surface area (Å²) in [5.74, 6) is 1.66. The first kappa shape index (κ1) is 26.7. The number of carbonyl (C=O) groups excluding carboxylic acids is 1. The molecule has 1 saturated heterocycles. The molecule has 1 aliphatic rings. The summed E-state index contributed by atoms with van der Waals surface area (Å²) in [5, 5.41) is 10.9. The molecule has 1 aliphatic heterocycles. The predicted octanol–water partition coefficient (Wildman–Crippen LogP) is 4.22. The molecule has 1 amide bonds. The molecule has 1 fully saturated rings. The number of para-hydroxylation sites is 1. The molecule has 0 saturated carbocycles. The lowest BCUT2D eigenvalue weighted by atomic mass is 10.1. The van der Waals surface area contributed by atoms with Gasteiger partial charge in [-0.2, -0.15) is 5.10 Å². The Morgan fingerprint density at radius 1 is 1.22 bits per heavy atom. The maximum Gasteiger partial charge on any atom is 0.407 e. The zero-order valence-electron chi connectivity index (χ0n) is 22.6. The van der Waals surface area contributed by atoms with Crippen LogP contribution in [0.15, 0.2) is 36.4 Å². The number of alkyl carbamates (subject to hydrolysis) is 1. The molecule has 2 N–H and O–H groups in total. The van der Waals surface area contributed by atoms with E-state index in [4.69, 9.17) is 14.5 Å². The smallest absolute Gasteiger partial charge is 0.407 e. The second kappa shape index (κ2) is 11.8. The summed E-state index contributed by atoms with van der Waals surface area (Å²) >= 11 is 0. The molecule has 3 heterocycles.